The molecule has 0 radical (unpaired) electrons. The molecular weight excluding hydrogens is 254 g/mol. The summed E-state index contributed by atoms with van der Waals surface area (Å²) in [5, 5.41) is 2.74. The Labute approximate surface area is 113 Å². The zero-order chi connectivity index (χ0) is 13.4. The van der Waals surface area contributed by atoms with Gasteiger partial charge in [-0.25, -0.2) is 0 Å². The largest absolute Gasteiger partial charge is 0.352 e. The summed E-state index contributed by atoms with van der Waals surface area (Å²) in [6.07, 6.45) is 2.04. The molecule has 1 N–H and O–H groups in total. The van der Waals surface area contributed by atoms with E-state index in [1.807, 2.05) is 4.90 Å². The number of hydrogen-bond donors (Lipinski definition) is 1. The number of alkyl halides is 1. The zero-order valence-electron chi connectivity index (χ0n) is 10.5. The van der Waals surface area contributed by atoms with E-state index in [1.54, 1.807) is 11.0 Å². The van der Waals surface area contributed by atoms with E-state index < -0.39 is 0 Å². The molecule has 2 amide bonds. The number of carbonyl (C=O) groups excluding carboxylic acids is 2. The summed E-state index contributed by atoms with van der Waals surface area (Å²) in [7, 11) is 0. The van der Waals surface area contributed by atoms with Crippen LogP contribution in [0, 0.1) is 0 Å². The Bertz CT molecular complexity index is 302. The fourth-order valence-electron chi connectivity index (χ4n) is 1.84. The Hall–Kier alpha value is -1.07. The number of carbonyl (C=O) groups is 2. The lowest BCUT2D eigenvalue weighted by molar-refractivity contribution is -0.132. The molecule has 102 valence electrons. The lowest BCUT2D eigenvalue weighted by Gasteiger charge is -2.34. The van der Waals surface area contributed by atoms with Crippen LogP contribution in [-0.4, -0.2) is 66.8 Å². The highest BCUT2D eigenvalue weighted by molar-refractivity contribution is 6.18. The molecule has 0 aromatic carbocycles. The normalized spacial score (nSPS) is 16.4. The van der Waals surface area contributed by atoms with Crippen LogP contribution in [0.4, 0.5) is 0 Å². The number of piperazine rings is 1. The van der Waals surface area contributed by atoms with Crippen molar-refractivity contribution in [1.29, 1.82) is 0 Å². The van der Waals surface area contributed by atoms with Crippen molar-refractivity contribution in [3.8, 4) is 0 Å². The lowest BCUT2D eigenvalue weighted by Crippen LogP contribution is -2.51. The Morgan fingerprint density at radius 3 is 2.50 bits per heavy atom. The molecule has 0 atom stereocenters. The first kappa shape index (κ1) is 15.0. The van der Waals surface area contributed by atoms with E-state index in [0.717, 1.165) is 13.1 Å². The highest BCUT2D eigenvalue weighted by Gasteiger charge is 2.21. The fourth-order valence-corrected chi connectivity index (χ4v) is 2.00. The van der Waals surface area contributed by atoms with E-state index in [9.17, 15) is 9.59 Å². The van der Waals surface area contributed by atoms with Gasteiger partial charge < -0.3 is 10.2 Å². The summed E-state index contributed by atoms with van der Waals surface area (Å²) in [6.45, 7) is 7.22. The van der Waals surface area contributed by atoms with Gasteiger partial charge in [-0.05, 0) is 0 Å². The zero-order valence-corrected chi connectivity index (χ0v) is 11.3. The third kappa shape index (κ3) is 5.06. The van der Waals surface area contributed by atoms with Gasteiger partial charge in [0.1, 0.15) is 0 Å². The van der Waals surface area contributed by atoms with Crippen LogP contribution < -0.4 is 5.32 Å². The summed E-state index contributed by atoms with van der Waals surface area (Å²) in [4.78, 5) is 26.9. The number of halogens is 1. The number of rotatable bonds is 6. The molecule has 1 fully saturated rings. The molecule has 1 rings (SSSR count). The van der Waals surface area contributed by atoms with Gasteiger partial charge in [-0.2, -0.15) is 0 Å². The van der Waals surface area contributed by atoms with Crippen molar-refractivity contribution in [3.05, 3.63) is 12.7 Å². The van der Waals surface area contributed by atoms with E-state index in [2.05, 4.69) is 11.9 Å². The first-order chi connectivity index (χ1) is 8.67. The monoisotopic (exact) mass is 273 g/mol. The molecule has 6 heteroatoms. The summed E-state index contributed by atoms with van der Waals surface area (Å²) >= 11 is 5.54. The molecule has 1 aliphatic rings. The molecule has 1 saturated heterocycles. The van der Waals surface area contributed by atoms with E-state index in [0.29, 0.717) is 38.5 Å². The number of nitrogens with one attached hydrogen (secondary N) is 1. The second-order valence-corrected chi connectivity index (χ2v) is 4.57. The maximum absolute atomic E-state index is 11.6. The molecule has 0 spiro atoms. The van der Waals surface area contributed by atoms with Crippen molar-refractivity contribution >= 4 is 23.4 Å². The van der Waals surface area contributed by atoms with Crippen LogP contribution in [0.15, 0.2) is 12.7 Å². The van der Waals surface area contributed by atoms with Crippen molar-refractivity contribution in [2.75, 3.05) is 45.1 Å². The number of hydrogen-bond acceptors (Lipinski definition) is 3. The molecule has 5 nitrogen and oxygen atoms in total. The standard InChI is InChI=1S/C12H20ClN3O2/c1-2-5-14-11(17)10-15-6-8-16(9-7-15)12(18)3-4-13/h2H,1,3-10H2,(H,14,17). The molecule has 0 unspecified atom stereocenters. The van der Waals surface area contributed by atoms with Gasteiger partial charge in [0.15, 0.2) is 0 Å². The molecule has 0 bridgehead atoms. The Morgan fingerprint density at radius 2 is 1.94 bits per heavy atom. The van der Waals surface area contributed by atoms with Crippen LogP contribution in [0.3, 0.4) is 0 Å². The number of amides is 2. The van der Waals surface area contributed by atoms with Gasteiger partial charge in [-0.1, -0.05) is 6.08 Å². The highest BCUT2D eigenvalue weighted by atomic mass is 35.5. The lowest BCUT2D eigenvalue weighted by atomic mass is 10.3. The van der Waals surface area contributed by atoms with Crippen LogP contribution in [0.1, 0.15) is 6.42 Å². The minimum Gasteiger partial charge on any atom is -0.352 e. The second-order valence-electron chi connectivity index (χ2n) is 4.19. The van der Waals surface area contributed by atoms with Crippen LogP contribution in [0.5, 0.6) is 0 Å². The first-order valence-corrected chi connectivity index (χ1v) is 6.64. The van der Waals surface area contributed by atoms with Crippen LogP contribution in [-0.2, 0) is 9.59 Å². The summed E-state index contributed by atoms with van der Waals surface area (Å²) in [6, 6.07) is 0. The predicted molar refractivity (Wildman–Crippen MR) is 71.6 cm³/mol. The quantitative estimate of drug-likeness (QED) is 0.550. The SMILES string of the molecule is C=CCNC(=O)CN1CCN(C(=O)CCCl)CC1. The average Bonchev–Trinajstić information content (AvgIpc) is 2.37. The van der Waals surface area contributed by atoms with Crippen LogP contribution in [0.2, 0.25) is 0 Å². The van der Waals surface area contributed by atoms with Gasteiger partial charge in [-0.3, -0.25) is 14.5 Å². The maximum atomic E-state index is 11.6. The average molecular weight is 274 g/mol. The molecule has 0 aromatic heterocycles. The van der Waals surface area contributed by atoms with E-state index in [-0.39, 0.29) is 11.8 Å². The minimum absolute atomic E-state index is 0.00423. The summed E-state index contributed by atoms with van der Waals surface area (Å²) in [5.74, 6) is 0.458. The summed E-state index contributed by atoms with van der Waals surface area (Å²) < 4.78 is 0. The van der Waals surface area contributed by atoms with Gasteiger partial charge in [0.2, 0.25) is 11.8 Å². The Morgan fingerprint density at radius 1 is 1.28 bits per heavy atom. The van der Waals surface area contributed by atoms with Crippen molar-refractivity contribution in [2.45, 2.75) is 6.42 Å². The van der Waals surface area contributed by atoms with Gasteiger partial charge in [-0.15, -0.1) is 18.2 Å². The van der Waals surface area contributed by atoms with Crippen molar-refractivity contribution in [2.24, 2.45) is 0 Å². The van der Waals surface area contributed by atoms with Crippen molar-refractivity contribution in [3.63, 3.8) is 0 Å². The van der Waals surface area contributed by atoms with Gasteiger partial charge in [0.05, 0.1) is 6.54 Å². The van der Waals surface area contributed by atoms with Crippen LogP contribution in [0.25, 0.3) is 0 Å². The fraction of sp³-hybridized carbons (Fsp3) is 0.667. The van der Waals surface area contributed by atoms with E-state index >= 15 is 0 Å². The molecule has 0 saturated carbocycles. The smallest absolute Gasteiger partial charge is 0.234 e. The Kier molecular flexibility index (Phi) is 6.75. The van der Waals surface area contributed by atoms with Crippen molar-refractivity contribution in [1.82, 2.24) is 15.1 Å². The third-order valence-electron chi connectivity index (χ3n) is 2.84. The third-order valence-corrected chi connectivity index (χ3v) is 3.03. The predicted octanol–water partition coefficient (Wildman–Crippen LogP) is 0.0617. The minimum atomic E-state index is -0.00423. The Balaban J connectivity index is 2.24. The van der Waals surface area contributed by atoms with Gasteiger partial charge in [0, 0.05) is 45.0 Å². The van der Waals surface area contributed by atoms with E-state index in [1.165, 1.54) is 0 Å². The van der Waals surface area contributed by atoms with Crippen molar-refractivity contribution < 1.29 is 9.59 Å². The maximum Gasteiger partial charge on any atom is 0.234 e. The first-order valence-electron chi connectivity index (χ1n) is 6.11. The molecule has 0 aliphatic carbocycles. The molecule has 1 aliphatic heterocycles. The molecular formula is C12H20ClN3O2. The van der Waals surface area contributed by atoms with Gasteiger partial charge >= 0.3 is 0 Å². The van der Waals surface area contributed by atoms with Crippen LogP contribution >= 0.6 is 11.6 Å². The molecule has 18 heavy (non-hydrogen) atoms. The molecule has 0 aromatic rings. The molecule has 1 heterocycles. The second kappa shape index (κ2) is 8.11. The highest BCUT2D eigenvalue weighted by Crippen LogP contribution is 2.04. The summed E-state index contributed by atoms with van der Waals surface area (Å²) in [5.41, 5.74) is 0. The number of nitrogens with zero attached hydrogens (tertiary/aromatic N) is 2. The van der Waals surface area contributed by atoms with E-state index in [4.69, 9.17) is 11.6 Å². The topological polar surface area (TPSA) is 52.7 Å². The van der Waals surface area contributed by atoms with Gasteiger partial charge in [0.25, 0.3) is 0 Å².